The van der Waals surface area contributed by atoms with E-state index in [0.717, 1.165) is 29.0 Å². The van der Waals surface area contributed by atoms with Gasteiger partial charge < -0.3 is 5.32 Å². The molecule has 0 saturated carbocycles. The van der Waals surface area contributed by atoms with E-state index in [2.05, 4.69) is 15.4 Å². The van der Waals surface area contributed by atoms with E-state index in [1.54, 1.807) is 10.9 Å². The standard InChI is InChI=1S/C14H12F2N4OS/c1-20-7-8(6-17-20)2-3-13(21)19-14-18-11-4-9(15)10(16)5-12(11)22-14/h4-7H,2-3H2,1H3,(H,18,19,21). The topological polar surface area (TPSA) is 59.8 Å². The Morgan fingerprint density at radius 1 is 1.36 bits per heavy atom. The van der Waals surface area contributed by atoms with E-state index >= 15 is 0 Å². The molecule has 114 valence electrons. The van der Waals surface area contributed by atoms with E-state index in [1.165, 1.54) is 0 Å². The lowest BCUT2D eigenvalue weighted by Crippen LogP contribution is -2.11. The molecule has 22 heavy (non-hydrogen) atoms. The van der Waals surface area contributed by atoms with E-state index in [4.69, 9.17) is 0 Å². The molecular formula is C14H12F2N4OS. The number of fused-ring (bicyclic) bond motifs is 1. The lowest BCUT2D eigenvalue weighted by molar-refractivity contribution is -0.116. The van der Waals surface area contributed by atoms with E-state index in [-0.39, 0.29) is 12.3 Å². The predicted molar refractivity (Wildman–Crippen MR) is 79.7 cm³/mol. The number of carbonyl (C=O) groups is 1. The fraction of sp³-hybridized carbons (Fsp3) is 0.214. The molecule has 2 heterocycles. The Balaban J connectivity index is 1.66. The molecule has 0 saturated heterocycles. The second-order valence-electron chi connectivity index (χ2n) is 4.82. The van der Waals surface area contributed by atoms with E-state index in [1.807, 2.05) is 13.2 Å². The second-order valence-corrected chi connectivity index (χ2v) is 5.85. The number of nitrogens with zero attached hydrogens (tertiary/aromatic N) is 3. The van der Waals surface area contributed by atoms with Gasteiger partial charge in [-0.2, -0.15) is 5.10 Å². The number of aryl methyl sites for hydroxylation is 2. The van der Waals surface area contributed by atoms with Gasteiger partial charge in [-0.25, -0.2) is 13.8 Å². The number of carbonyl (C=O) groups excluding carboxylic acids is 1. The number of halogens is 2. The Morgan fingerprint density at radius 3 is 2.86 bits per heavy atom. The molecule has 1 amide bonds. The third kappa shape index (κ3) is 3.11. The molecule has 0 spiro atoms. The molecule has 3 rings (SSSR count). The third-order valence-corrected chi connectivity index (χ3v) is 4.01. The minimum absolute atomic E-state index is 0.205. The molecule has 0 radical (unpaired) electrons. The van der Waals surface area contributed by atoms with Crippen LogP contribution < -0.4 is 5.32 Å². The fourth-order valence-electron chi connectivity index (χ4n) is 2.02. The number of thiazole rings is 1. The second kappa shape index (κ2) is 5.80. The summed E-state index contributed by atoms with van der Waals surface area (Å²) >= 11 is 1.11. The summed E-state index contributed by atoms with van der Waals surface area (Å²) in [5, 5.41) is 7.00. The molecule has 2 aromatic heterocycles. The summed E-state index contributed by atoms with van der Waals surface area (Å²) in [6.45, 7) is 0. The zero-order valence-corrected chi connectivity index (χ0v) is 12.5. The van der Waals surface area contributed by atoms with Gasteiger partial charge in [-0.05, 0) is 18.1 Å². The number of benzene rings is 1. The molecular weight excluding hydrogens is 310 g/mol. The van der Waals surface area contributed by atoms with Crippen LogP contribution in [0.2, 0.25) is 0 Å². The Kier molecular flexibility index (Phi) is 3.84. The average Bonchev–Trinajstić information content (AvgIpc) is 3.03. The highest BCUT2D eigenvalue weighted by Gasteiger charge is 2.11. The van der Waals surface area contributed by atoms with Gasteiger partial charge in [0.05, 0.1) is 16.4 Å². The van der Waals surface area contributed by atoms with Crippen molar-refractivity contribution in [3.05, 3.63) is 41.7 Å². The van der Waals surface area contributed by atoms with Gasteiger partial charge in [0.2, 0.25) is 5.91 Å². The number of hydrogen-bond acceptors (Lipinski definition) is 4. The molecule has 5 nitrogen and oxygen atoms in total. The molecule has 0 aliphatic carbocycles. The number of nitrogens with one attached hydrogen (secondary N) is 1. The highest BCUT2D eigenvalue weighted by atomic mass is 32.1. The van der Waals surface area contributed by atoms with Crippen molar-refractivity contribution in [3.8, 4) is 0 Å². The van der Waals surface area contributed by atoms with Crippen LogP contribution in [0, 0.1) is 11.6 Å². The number of hydrogen-bond donors (Lipinski definition) is 1. The van der Waals surface area contributed by atoms with Crippen LogP contribution in [0.3, 0.4) is 0 Å². The monoisotopic (exact) mass is 322 g/mol. The summed E-state index contributed by atoms with van der Waals surface area (Å²) in [6.07, 6.45) is 4.39. The smallest absolute Gasteiger partial charge is 0.226 e. The number of amides is 1. The largest absolute Gasteiger partial charge is 0.302 e. The van der Waals surface area contributed by atoms with Gasteiger partial charge >= 0.3 is 0 Å². The first-order valence-corrected chi connectivity index (χ1v) is 7.36. The predicted octanol–water partition coefficient (Wildman–Crippen LogP) is 2.88. The fourth-order valence-corrected chi connectivity index (χ4v) is 2.91. The summed E-state index contributed by atoms with van der Waals surface area (Å²) in [6, 6.07) is 2.10. The van der Waals surface area contributed by atoms with Crippen molar-refractivity contribution in [2.24, 2.45) is 7.05 Å². The SMILES string of the molecule is Cn1cc(CCC(=O)Nc2nc3cc(F)c(F)cc3s2)cn1. The van der Waals surface area contributed by atoms with Crippen LogP contribution in [0.1, 0.15) is 12.0 Å². The quantitative estimate of drug-likeness (QED) is 0.803. The van der Waals surface area contributed by atoms with Crippen LogP contribution >= 0.6 is 11.3 Å². The summed E-state index contributed by atoms with van der Waals surface area (Å²) in [4.78, 5) is 16.0. The first-order chi connectivity index (χ1) is 10.5. The van der Waals surface area contributed by atoms with Crippen LogP contribution in [-0.2, 0) is 18.3 Å². The van der Waals surface area contributed by atoms with Gasteiger partial charge in [-0.15, -0.1) is 0 Å². The molecule has 3 aromatic rings. The van der Waals surface area contributed by atoms with Gasteiger partial charge in [0.25, 0.3) is 0 Å². The zero-order valence-electron chi connectivity index (χ0n) is 11.6. The Bertz CT molecular complexity index is 804. The van der Waals surface area contributed by atoms with Crippen molar-refractivity contribution < 1.29 is 13.6 Å². The van der Waals surface area contributed by atoms with E-state index in [9.17, 15) is 13.6 Å². The average molecular weight is 322 g/mol. The Morgan fingerprint density at radius 2 is 2.14 bits per heavy atom. The van der Waals surface area contributed by atoms with Crippen molar-refractivity contribution in [1.29, 1.82) is 0 Å². The summed E-state index contributed by atoms with van der Waals surface area (Å²) in [7, 11) is 1.81. The Labute approximate surface area is 128 Å². The molecule has 0 aliphatic rings. The summed E-state index contributed by atoms with van der Waals surface area (Å²) in [5.41, 5.74) is 1.29. The summed E-state index contributed by atoms with van der Waals surface area (Å²) < 4.78 is 28.4. The highest BCUT2D eigenvalue weighted by molar-refractivity contribution is 7.22. The molecule has 1 aromatic carbocycles. The van der Waals surface area contributed by atoms with Gasteiger partial charge in [0, 0.05) is 25.7 Å². The maximum atomic E-state index is 13.1. The first-order valence-electron chi connectivity index (χ1n) is 6.54. The van der Waals surface area contributed by atoms with Crippen molar-refractivity contribution in [2.75, 3.05) is 5.32 Å². The van der Waals surface area contributed by atoms with Gasteiger partial charge in [0.1, 0.15) is 0 Å². The number of rotatable bonds is 4. The van der Waals surface area contributed by atoms with Crippen LogP contribution in [0.25, 0.3) is 10.2 Å². The lowest BCUT2D eigenvalue weighted by Gasteiger charge is -1.99. The molecule has 0 atom stereocenters. The normalized spacial score (nSPS) is 11.0. The highest BCUT2D eigenvalue weighted by Crippen LogP contribution is 2.27. The van der Waals surface area contributed by atoms with Crippen LogP contribution in [0.5, 0.6) is 0 Å². The lowest BCUT2D eigenvalue weighted by atomic mass is 10.2. The zero-order chi connectivity index (χ0) is 15.7. The molecule has 1 N–H and O–H groups in total. The molecule has 0 unspecified atom stereocenters. The molecule has 0 fully saturated rings. The third-order valence-electron chi connectivity index (χ3n) is 3.08. The maximum absolute atomic E-state index is 13.1. The first kappa shape index (κ1) is 14.6. The van der Waals surface area contributed by atoms with Crippen LogP contribution in [0.15, 0.2) is 24.5 Å². The molecule has 0 bridgehead atoms. The van der Waals surface area contributed by atoms with E-state index < -0.39 is 11.6 Å². The maximum Gasteiger partial charge on any atom is 0.226 e. The van der Waals surface area contributed by atoms with Gasteiger partial charge in [0.15, 0.2) is 16.8 Å². The van der Waals surface area contributed by atoms with Gasteiger partial charge in [-0.1, -0.05) is 11.3 Å². The minimum Gasteiger partial charge on any atom is -0.302 e. The molecule has 0 aliphatic heterocycles. The van der Waals surface area contributed by atoms with Crippen molar-refractivity contribution in [1.82, 2.24) is 14.8 Å². The van der Waals surface area contributed by atoms with Crippen molar-refractivity contribution >= 4 is 32.6 Å². The Hall–Kier alpha value is -2.35. The van der Waals surface area contributed by atoms with E-state index in [0.29, 0.717) is 21.8 Å². The van der Waals surface area contributed by atoms with Crippen LogP contribution in [-0.4, -0.2) is 20.7 Å². The number of aromatic nitrogens is 3. The molecule has 8 heteroatoms. The van der Waals surface area contributed by atoms with Crippen LogP contribution in [0.4, 0.5) is 13.9 Å². The van der Waals surface area contributed by atoms with Crippen molar-refractivity contribution in [3.63, 3.8) is 0 Å². The number of anilines is 1. The van der Waals surface area contributed by atoms with Crippen molar-refractivity contribution in [2.45, 2.75) is 12.8 Å². The van der Waals surface area contributed by atoms with Gasteiger partial charge in [-0.3, -0.25) is 9.48 Å². The minimum atomic E-state index is -0.952. The summed E-state index contributed by atoms with van der Waals surface area (Å²) in [5.74, 6) is -2.08.